The molecule has 1 heterocycles. The molecule has 2 aromatic carbocycles. The van der Waals surface area contributed by atoms with Crippen LogP contribution in [0, 0.1) is 0 Å². The van der Waals surface area contributed by atoms with Gasteiger partial charge in [-0.3, -0.25) is 4.79 Å². The summed E-state index contributed by atoms with van der Waals surface area (Å²) in [5.41, 5.74) is 2.65. The van der Waals surface area contributed by atoms with E-state index in [0.29, 0.717) is 28.2 Å². The molecule has 0 unspecified atom stereocenters. The monoisotopic (exact) mass is 413 g/mol. The Balaban J connectivity index is 1.66. The summed E-state index contributed by atoms with van der Waals surface area (Å²) in [5, 5.41) is 10.9. The summed E-state index contributed by atoms with van der Waals surface area (Å²) in [6, 6.07) is 13.1. The number of hydrogen-bond acceptors (Lipinski definition) is 7. The summed E-state index contributed by atoms with van der Waals surface area (Å²) in [6.45, 7) is 3.88. The van der Waals surface area contributed by atoms with Crippen molar-refractivity contribution in [1.82, 2.24) is 10.2 Å². The van der Waals surface area contributed by atoms with Gasteiger partial charge in [-0.15, -0.1) is 10.2 Å². The molecule has 3 rings (SSSR count). The van der Waals surface area contributed by atoms with E-state index in [4.69, 9.17) is 13.9 Å². The zero-order chi connectivity index (χ0) is 20.8. The van der Waals surface area contributed by atoms with Crippen LogP contribution in [0.1, 0.15) is 19.4 Å². The first kappa shape index (κ1) is 20.7. The maximum atomic E-state index is 12.5. The van der Waals surface area contributed by atoms with E-state index in [9.17, 15) is 4.79 Å². The predicted molar refractivity (Wildman–Crippen MR) is 113 cm³/mol. The van der Waals surface area contributed by atoms with Crippen molar-refractivity contribution in [2.24, 2.45) is 0 Å². The number of hydrogen-bond donors (Lipinski definition) is 1. The number of benzene rings is 2. The Bertz CT molecular complexity index is 950. The molecule has 0 radical (unpaired) electrons. The summed E-state index contributed by atoms with van der Waals surface area (Å²) in [7, 11) is 3.15. The van der Waals surface area contributed by atoms with Gasteiger partial charge in [-0.05, 0) is 43.2 Å². The van der Waals surface area contributed by atoms with Gasteiger partial charge < -0.3 is 19.2 Å². The van der Waals surface area contributed by atoms with Crippen LogP contribution in [-0.4, -0.2) is 35.6 Å². The lowest BCUT2D eigenvalue weighted by molar-refractivity contribution is -0.115. The topological polar surface area (TPSA) is 86.5 Å². The van der Waals surface area contributed by atoms with Crippen molar-refractivity contribution in [3.63, 3.8) is 0 Å². The van der Waals surface area contributed by atoms with Crippen molar-refractivity contribution in [2.75, 3.05) is 19.5 Å². The van der Waals surface area contributed by atoms with Gasteiger partial charge in [0.2, 0.25) is 11.8 Å². The molecule has 0 bridgehead atoms. The number of carbonyl (C=O) groups is 1. The molecule has 8 heteroatoms. The maximum absolute atomic E-state index is 12.5. The van der Waals surface area contributed by atoms with Gasteiger partial charge in [0, 0.05) is 17.3 Å². The number of anilines is 1. The fourth-order valence-electron chi connectivity index (χ4n) is 2.58. The Morgan fingerprint density at radius 1 is 1.10 bits per heavy atom. The summed E-state index contributed by atoms with van der Waals surface area (Å²) in [6.07, 6.45) is 0.957. The second kappa shape index (κ2) is 9.47. The number of aromatic nitrogens is 2. The summed E-state index contributed by atoms with van der Waals surface area (Å²) < 4.78 is 16.2. The third-order valence-electron chi connectivity index (χ3n) is 4.28. The zero-order valence-electron chi connectivity index (χ0n) is 16.8. The van der Waals surface area contributed by atoms with E-state index >= 15 is 0 Å². The van der Waals surface area contributed by atoms with E-state index in [1.807, 2.05) is 24.3 Å². The Hall–Kier alpha value is -3.00. The lowest BCUT2D eigenvalue weighted by atomic mass is 10.1. The minimum atomic E-state index is -0.408. The first-order valence-corrected chi connectivity index (χ1v) is 10.0. The minimum Gasteiger partial charge on any atom is -0.497 e. The molecule has 0 saturated heterocycles. The van der Waals surface area contributed by atoms with Crippen molar-refractivity contribution in [3.05, 3.63) is 48.0 Å². The SMILES string of the molecule is CCc1ccc(NC(=O)[C@H](C)Sc2nnc(-c3cc(OC)cc(OC)c3)o2)cc1. The van der Waals surface area contributed by atoms with Crippen LogP contribution in [0.25, 0.3) is 11.5 Å². The third-order valence-corrected chi connectivity index (χ3v) is 5.22. The molecule has 0 aliphatic rings. The molecule has 29 heavy (non-hydrogen) atoms. The van der Waals surface area contributed by atoms with Crippen molar-refractivity contribution >= 4 is 23.4 Å². The molecular formula is C21H23N3O4S. The molecule has 1 aromatic heterocycles. The summed E-state index contributed by atoms with van der Waals surface area (Å²) >= 11 is 1.20. The Morgan fingerprint density at radius 3 is 2.34 bits per heavy atom. The standard InChI is InChI=1S/C21H23N3O4S/c1-5-14-6-8-16(9-7-14)22-19(25)13(2)29-21-24-23-20(28-21)15-10-17(26-3)12-18(11-15)27-4/h6-13H,5H2,1-4H3,(H,22,25)/t13-/m0/s1. The molecule has 1 atom stereocenters. The highest BCUT2D eigenvalue weighted by Gasteiger charge is 2.19. The smallest absolute Gasteiger partial charge is 0.277 e. The molecule has 152 valence electrons. The van der Waals surface area contributed by atoms with E-state index in [0.717, 1.165) is 12.1 Å². The van der Waals surface area contributed by atoms with Gasteiger partial charge in [0.25, 0.3) is 5.22 Å². The van der Waals surface area contributed by atoms with E-state index in [1.165, 1.54) is 17.3 Å². The minimum absolute atomic E-state index is 0.137. The van der Waals surface area contributed by atoms with Crippen LogP contribution in [0.5, 0.6) is 11.5 Å². The average molecular weight is 413 g/mol. The number of carbonyl (C=O) groups excluding carboxylic acids is 1. The zero-order valence-corrected chi connectivity index (χ0v) is 17.6. The lowest BCUT2D eigenvalue weighted by Gasteiger charge is -2.10. The van der Waals surface area contributed by atoms with Crippen LogP contribution < -0.4 is 14.8 Å². The first-order chi connectivity index (χ1) is 14.0. The maximum Gasteiger partial charge on any atom is 0.277 e. The molecule has 1 amide bonds. The molecular weight excluding hydrogens is 390 g/mol. The average Bonchev–Trinajstić information content (AvgIpc) is 3.22. The van der Waals surface area contributed by atoms with Crippen molar-refractivity contribution < 1.29 is 18.7 Å². The van der Waals surface area contributed by atoms with Crippen molar-refractivity contribution in [2.45, 2.75) is 30.7 Å². The second-order valence-corrected chi connectivity index (χ2v) is 7.57. The van der Waals surface area contributed by atoms with Gasteiger partial charge in [0.05, 0.1) is 19.5 Å². The molecule has 1 N–H and O–H groups in total. The number of amides is 1. The largest absolute Gasteiger partial charge is 0.497 e. The van der Waals surface area contributed by atoms with Gasteiger partial charge in [0.1, 0.15) is 11.5 Å². The first-order valence-electron chi connectivity index (χ1n) is 9.15. The van der Waals surface area contributed by atoms with Gasteiger partial charge in [-0.25, -0.2) is 0 Å². The van der Waals surface area contributed by atoms with Crippen LogP contribution in [-0.2, 0) is 11.2 Å². The number of methoxy groups -OCH3 is 2. The van der Waals surface area contributed by atoms with Gasteiger partial charge in [0.15, 0.2) is 0 Å². The molecule has 0 aliphatic heterocycles. The highest BCUT2D eigenvalue weighted by Crippen LogP contribution is 2.31. The van der Waals surface area contributed by atoms with E-state index in [2.05, 4.69) is 22.4 Å². The van der Waals surface area contributed by atoms with Gasteiger partial charge >= 0.3 is 0 Å². The van der Waals surface area contributed by atoms with Gasteiger partial charge in [-0.1, -0.05) is 30.8 Å². The Labute approximate surface area is 173 Å². The number of nitrogens with zero attached hydrogens (tertiary/aromatic N) is 2. The van der Waals surface area contributed by atoms with Crippen LogP contribution in [0.3, 0.4) is 0 Å². The summed E-state index contributed by atoms with van der Waals surface area (Å²) in [4.78, 5) is 12.5. The summed E-state index contributed by atoms with van der Waals surface area (Å²) in [5.74, 6) is 1.43. The molecule has 0 fully saturated rings. The number of nitrogens with one attached hydrogen (secondary N) is 1. The molecule has 3 aromatic rings. The number of ether oxygens (including phenoxy) is 2. The van der Waals surface area contributed by atoms with E-state index < -0.39 is 5.25 Å². The van der Waals surface area contributed by atoms with E-state index in [1.54, 1.807) is 39.3 Å². The fraction of sp³-hybridized carbons (Fsp3) is 0.286. The van der Waals surface area contributed by atoms with E-state index in [-0.39, 0.29) is 5.91 Å². The Kier molecular flexibility index (Phi) is 6.77. The highest BCUT2D eigenvalue weighted by atomic mass is 32.2. The fourth-order valence-corrected chi connectivity index (χ4v) is 3.26. The number of rotatable bonds is 8. The van der Waals surface area contributed by atoms with Crippen LogP contribution >= 0.6 is 11.8 Å². The van der Waals surface area contributed by atoms with Crippen molar-refractivity contribution in [3.8, 4) is 23.0 Å². The molecule has 0 saturated carbocycles. The Morgan fingerprint density at radius 2 is 1.76 bits per heavy atom. The number of thioether (sulfide) groups is 1. The van der Waals surface area contributed by atoms with Gasteiger partial charge in [-0.2, -0.15) is 0 Å². The normalized spacial score (nSPS) is 11.7. The van der Waals surface area contributed by atoms with Crippen LogP contribution in [0.2, 0.25) is 0 Å². The van der Waals surface area contributed by atoms with Crippen LogP contribution in [0.4, 0.5) is 5.69 Å². The lowest BCUT2D eigenvalue weighted by Crippen LogP contribution is -2.22. The number of aryl methyl sites for hydroxylation is 1. The molecule has 0 spiro atoms. The quantitative estimate of drug-likeness (QED) is 0.547. The van der Waals surface area contributed by atoms with Crippen LogP contribution in [0.15, 0.2) is 52.1 Å². The molecule has 0 aliphatic carbocycles. The third kappa shape index (κ3) is 5.29. The second-order valence-electron chi connectivity index (χ2n) is 6.27. The highest BCUT2D eigenvalue weighted by molar-refractivity contribution is 8.00. The molecule has 7 nitrogen and oxygen atoms in total. The van der Waals surface area contributed by atoms with Crippen molar-refractivity contribution in [1.29, 1.82) is 0 Å². The predicted octanol–water partition coefficient (Wildman–Crippen LogP) is 4.44.